The van der Waals surface area contributed by atoms with Crippen LogP contribution in [0.1, 0.15) is 10.4 Å². The fraction of sp³-hybridized carbons (Fsp3) is 0.529. The van der Waals surface area contributed by atoms with Gasteiger partial charge in [-0.2, -0.15) is 0 Å². The predicted molar refractivity (Wildman–Crippen MR) is 116 cm³/mol. The van der Waals surface area contributed by atoms with Crippen molar-refractivity contribution in [3.63, 3.8) is 0 Å². The van der Waals surface area contributed by atoms with Gasteiger partial charge in [-0.1, -0.05) is 23.7 Å². The first-order valence-corrected chi connectivity index (χ1v) is 8.86. The minimum absolute atomic E-state index is 0. The molecule has 0 bridgehead atoms. The van der Waals surface area contributed by atoms with E-state index in [2.05, 4.69) is 25.8 Å². The van der Waals surface area contributed by atoms with Gasteiger partial charge in [-0.15, -0.1) is 24.0 Å². The Bertz CT molecular complexity index is 582. The fourth-order valence-electron chi connectivity index (χ4n) is 2.48. The zero-order chi connectivity index (χ0) is 17.9. The number of hydrogen-bond donors (Lipinski definition) is 3. The van der Waals surface area contributed by atoms with Crippen molar-refractivity contribution < 1.29 is 9.53 Å². The number of carbonyl (C=O) groups is 1. The van der Waals surface area contributed by atoms with Crippen LogP contribution in [0.3, 0.4) is 0 Å². The summed E-state index contributed by atoms with van der Waals surface area (Å²) in [6.07, 6.45) is 0. The normalized spacial score (nSPS) is 15.1. The summed E-state index contributed by atoms with van der Waals surface area (Å²) in [6, 6.07) is 7.00. The maximum absolute atomic E-state index is 12.0. The van der Waals surface area contributed by atoms with E-state index in [-0.39, 0.29) is 29.9 Å². The molecule has 2 rings (SSSR count). The van der Waals surface area contributed by atoms with Crippen LogP contribution in [0.2, 0.25) is 5.02 Å². The Morgan fingerprint density at radius 1 is 1.15 bits per heavy atom. The fourth-order valence-corrected chi connectivity index (χ4v) is 2.70. The second kappa shape index (κ2) is 13.1. The van der Waals surface area contributed by atoms with Crippen LogP contribution in [0.4, 0.5) is 0 Å². The molecule has 7 nitrogen and oxygen atoms in total. The number of nitrogens with zero attached hydrogens (tertiary/aromatic N) is 2. The summed E-state index contributed by atoms with van der Waals surface area (Å²) in [5, 5.41) is 9.73. The number of benzene rings is 1. The number of hydrogen-bond acceptors (Lipinski definition) is 4. The summed E-state index contributed by atoms with van der Waals surface area (Å²) in [5.41, 5.74) is 0.484. The van der Waals surface area contributed by atoms with Gasteiger partial charge in [0.2, 0.25) is 0 Å². The van der Waals surface area contributed by atoms with Crippen LogP contribution < -0.4 is 16.0 Å². The van der Waals surface area contributed by atoms with Crippen LogP contribution in [0.5, 0.6) is 0 Å². The van der Waals surface area contributed by atoms with Crippen LogP contribution in [-0.4, -0.2) is 76.3 Å². The first-order valence-electron chi connectivity index (χ1n) is 8.48. The zero-order valence-electron chi connectivity index (χ0n) is 15.0. The maximum Gasteiger partial charge on any atom is 0.252 e. The standard InChI is InChI=1S/C17H26ClN5O2.HI/c1-19-17(22-8-9-23-10-12-25-13-11-23)21-7-6-20-16(24)14-4-2-3-5-15(14)18;/h2-5H,6-13H2,1H3,(H,20,24)(H2,19,21,22);1H. The summed E-state index contributed by atoms with van der Waals surface area (Å²) in [6.45, 7) is 6.38. The molecule has 3 N–H and O–H groups in total. The summed E-state index contributed by atoms with van der Waals surface area (Å²) >= 11 is 6.01. The number of nitrogens with one attached hydrogen (secondary N) is 3. The smallest absolute Gasteiger partial charge is 0.252 e. The number of amides is 1. The molecule has 1 aliphatic rings. The van der Waals surface area contributed by atoms with E-state index >= 15 is 0 Å². The summed E-state index contributed by atoms with van der Waals surface area (Å²) < 4.78 is 5.33. The molecule has 146 valence electrons. The molecule has 0 atom stereocenters. The molecule has 1 aromatic rings. The molecule has 1 aliphatic heterocycles. The van der Waals surface area contributed by atoms with Gasteiger partial charge < -0.3 is 20.7 Å². The summed E-state index contributed by atoms with van der Waals surface area (Å²) in [7, 11) is 1.73. The molecular weight excluding hydrogens is 469 g/mol. The number of aliphatic imine (C=N–C) groups is 1. The topological polar surface area (TPSA) is 78.0 Å². The summed E-state index contributed by atoms with van der Waals surface area (Å²) in [4.78, 5) is 18.6. The number of rotatable bonds is 7. The Balaban J connectivity index is 0.00000338. The van der Waals surface area contributed by atoms with Crippen molar-refractivity contribution in [3.05, 3.63) is 34.9 Å². The van der Waals surface area contributed by atoms with E-state index in [1.54, 1.807) is 31.3 Å². The lowest BCUT2D eigenvalue weighted by atomic mass is 10.2. The quantitative estimate of drug-likeness (QED) is 0.229. The average molecular weight is 496 g/mol. The predicted octanol–water partition coefficient (Wildman–Crippen LogP) is 1.18. The zero-order valence-corrected chi connectivity index (χ0v) is 18.0. The number of halogens is 2. The first-order chi connectivity index (χ1) is 12.2. The van der Waals surface area contributed by atoms with Crippen LogP contribution in [0.25, 0.3) is 0 Å². The van der Waals surface area contributed by atoms with Gasteiger partial charge in [-0.05, 0) is 12.1 Å². The van der Waals surface area contributed by atoms with Crippen molar-refractivity contribution in [1.82, 2.24) is 20.9 Å². The summed E-state index contributed by atoms with van der Waals surface area (Å²) in [5.74, 6) is 0.544. The van der Waals surface area contributed by atoms with E-state index in [1.807, 2.05) is 0 Å². The molecule has 1 aromatic carbocycles. The van der Waals surface area contributed by atoms with Crippen LogP contribution in [0, 0.1) is 0 Å². The molecule has 0 aromatic heterocycles. The number of morpholine rings is 1. The Hall–Kier alpha value is -1.10. The van der Waals surface area contributed by atoms with E-state index in [0.717, 1.165) is 45.4 Å². The third-order valence-electron chi connectivity index (χ3n) is 3.87. The van der Waals surface area contributed by atoms with Gasteiger partial charge in [-0.3, -0.25) is 14.7 Å². The SMILES string of the molecule is CN=C(NCCNC(=O)c1ccccc1Cl)NCCN1CCOCC1.I. The Morgan fingerprint density at radius 3 is 2.50 bits per heavy atom. The van der Waals surface area contributed by atoms with Crippen molar-refractivity contribution in [2.45, 2.75) is 0 Å². The highest BCUT2D eigenvalue weighted by Crippen LogP contribution is 2.14. The Labute approximate surface area is 176 Å². The molecule has 0 radical (unpaired) electrons. The number of guanidine groups is 1. The van der Waals surface area contributed by atoms with E-state index in [0.29, 0.717) is 23.7 Å². The van der Waals surface area contributed by atoms with Gasteiger partial charge in [-0.25, -0.2) is 0 Å². The van der Waals surface area contributed by atoms with Crippen molar-refractivity contribution in [2.24, 2.45) is 4.99 Å². The molecular formula is C17H27ClIN5O2. The van der Waals surface area contributed by atoms with Gasteiger partial charge in [0.25, 0.3) is 5.91 Å². The second-order valence-electron chi connectivity index (χ2n) is 5.62. The molecule has 1 amide bonds. The average Bonchev–Trinajstić information content (AvgIpc) is 2.64. The minimum atomic E-state index is -0.178. The highest BCUT2D eigenvalue weighted by atomic mass is 127. The monoisotopic (exact) mass is 495 g/mol. The number of carbonyl (C=O) groups excluding carboxylic acids is 1. The van der Waals surface area contributed by atoms with Crippen molar-refractivity contribution in [2.75, 3.05) is 59.5 Å². The molecule has 26 heavy (non-hydrogen) atoms. The van der Waals surface area contributed by atoms with Crippen LogP contribution >= 0.6 is 35.6 Å². The highest BCUT2D eigenvalue weighted by Gasteiger charge is 2.10. The minimum Gasteiger partial charge on any atom is -0.379 e. The first kappa shape index (κ1) is 22.9. The Morgan fingerprint density at radius 2 is 1.81 bits per heavy atom. The molecule has 0 unspecified atom stereocenters. The molecule has 1 fully saturated rings. The molecule has 1 heterocycles. The Kier molecular flexibility index (Phi) is 11.6. The lowest BCUT2D eigenvalue weighted by Gasteiger charge is -2.26. The van der Waals surface area contributed by atoms with Crippen molar-refractivity contribution >= 4 is 47.4 Å². The van der Waals surface area contributed by atoms with Gasteiger partial charge in [0.05, 0.1) is 23.8 Å². The van der Waals surface area contributed by atoms with Crippen LogP contribution in [0.15, 0.2) is 29.3 Å². The third kappa shape index (κ3) is 8.07. The lowest BCUT2D eigenvalue weighted by Crippen LogP contribution is -2.45. The maximum atomic E-state index is 12.0. The van der Waals surface area contributed by atoms with E-state index in [9.17, 15) is 4.79 Å². The third-order valence-corrected chi connectivity index (χ3v) is 4.20. The van der Waals surface area contributed by atoms with E-state index in [1.165, 1.54) is 0 Å². The number of ether oxygens (including phenoxy) is 1. The van der Waals surface area contributed by atoms with E-state index in [4.69, 9.17) is 16.3 Å². The highest BCUT2D eigenvalue weighted by molar-refractivity contribution is 14.0. The molecule has 1 saturated heterocycles. The lowest BCUT2D eigenvalue weighted by molar-refractivity contribution is 0.0389. The largest absolute Gasteiger partial charge is 0.379 e. The molecule has 9 heteroatoms. The van der Waals surface area contributed by atoms with Crippen LogP contribution in [-0.2, 0) is 4.74 Å². The van der Waals surface area contributed by atoms with Gasteiger partial charge >= 0.3 is 0 Å². The molecule has 0 spiro atoms. The van der Waals surface area contributed by atoms with Crippen molar-refractivity contribution in [1.29, 1.82) is 0 Å². The molecule has 0 saturated carbocycles. The van der Waals surface area contributed by atoms with Gasteiger partial charge in [0.15, 0.2) is 5.96 Å². The van der Waals surface area contributed by atoms with Gasteiger partial charge in [0.1, 0.15) is 0 Å². The molecule has 0 aliphatic carbocycles. The second-order valence-corrected chi connectivity index (χ2v) is 6.02. The van der Waals surface area contributed by atoms with E-state index < -0.39 is 0 Å². The van der Waals surface area contributed by atoms with Gasteiger partial charge in [0, 0.05) is 46.3 Å². The van der Waals surface area contributed by atoms with Crippen molar-refractivity contribution in [3.8, 4) is 0 Å².